The Hall–Kier alpha value is -2.82. The van der Waals surface area contributed by atoms with Crippen molar-refractivity contribution in [2.24, 2.45) is 0 Å². The molecule has 0 aliphatic carbocycles. The summed E-state index contributed by atoms with van der Waals surface area (Å²) in [5.74, 6) is 0.533. The lowest BCUT2D eigenvalue weighted by Gasteiger charge is -2.05. The maximum atomic E-state index is 11.8. The Balaban J connectivity index is 1.85. The van der Waals surface area contributed by atoms with Crippen LogP contribution in [0, 0.1) is 13.8 Å². The average molecular weight is 284 g/mol. The van der Waals surface area contributed by atoms with Crippen LogP contribution < -0.4 is 10.9 Å². The van der Waals surface area contributed by atoms with Gasteiger partial charge in [-0.25, -0.2) is 0 Å². The lowest BCUT2D eigenvalue weighted by Crippen LogP contribution is -2.40. The van der Waals surface area contributed by atoms with Crippen LogP contribution in [0.1, 0.15) is 27.4 Å². The van der Waals surface area contributed by atoms with E-state index in [0.717, 1.165) is 11.3 Å². The van der Waals surface area contributed by atoms with E-state index in [1.165, 1.54) is 12.2 Å². The molecule has 1 heterocycles. The molecule has 0 saturated heterocycles. The van der Waals surface area contributed by atoms with E-state index in [0.29, 0.717) is 11.3 Å². The minimum atomic E-state index is -0.440. The fourth-order valence-electron chi connectivity index (χ4n) is 1.64. The zero-order chi connectivity index (χ0) is 15.2. The van der Waals surface area contributed by atoms with Crippen LogP contribution in [-0.2, 0) is 4.79 Å². The van der Waals surface area contributed by atoms with Crippen molar-refractivity contribution in [2.45, 2.75) is 13.8 Å². The molecule has 0 bridgehead atoms. The van der Waals surface area contributed by atoms with Crippen molar-refractivity contribution >= 4 is 17.9 Å². The number of furan rings is 1. The van der Waals surface area contributed by atoms with Gasteiger partial charge in [-0.1, -0.05) is 17.7 Å². The van der Waals surface area contributed by atoms with Crippen LogP contribution in [0.4, 0.5) is 0 Å². The van der Waals surface area contributed by atoms with Gasteiger partial charge in [-0.3, -0.25) is 20.4 Å². The highest BCUT2D eigenvalue weighted by Crippen LogP contribution is 2.07. The summed E-state index contributed by atoms with van der Waals surface area (Å²) in [5, 5.41) is 0. The van der Waals surface area contributed by atoms with Gasteiger partial charge in [0.25, 0.3) is 11.8 Å². The van der Waals surface area contributed by atoms with Gasteiger partial charge >= 0.3 is 0 Å². The maximum absolute atomic E-state index is 11.8. The highest BCUT2D eigenvalue weighted by molar-refractivity contribution is 5.97. The minimum absolute atomic E-state index is 0.370. The van der Waals surface area contributed by atoms with E-state index >= 15 is 0 Å². The molecule has 108 valence electrons. The number of carbonyl (C=O) groups excluding carboxylic acids is 2. The predicted octanol–water partition coefficient (Wildman–Crippen LogP) is 2.37. The third kappa shape index (κ3) is 4.35. The Morgan fingerprint density at radius 3 is 2.33 bits per heavy atom. The average Bonchev–Trinajstić information content (AvgIpc) is 2.89. The largest absolute Gasteiger partial charge is 0.462 e. The molecule has 0 saturated carbocycles. The summed E-state index contributed by atoms with van der Waals surface area (Å²) in [6.07, 6.45) is 2.81. The number of amides is 2. The number of nitrogens with one attached hydrogen (secondary N) is 2. The molecule has 1 aromatic carbocycles. The fourth-order valence-corrected chi connectivity index (χ4v) is 1.64. The molecule has 5 heteroatoms. The van der Waals surface area contributed by atoms with E-state index in [1.807, 2.05) is 26.0 Å². The summed E-state index contributed by atoms with van der Waals surface area (Å²) in [7, 11) is 0. The van der Waals surface area contributed by atoms with Gasteiger partial charge in [0.1, 0.15) is 11.5 Å². The number of rotatable bonds is 3. The molecular formula is C16H16N2O3. The SMILES string of the molecule is Cc1ccc(C(=O)NNC(=O)/C=C/c2ccc(C)o2)cc1. The van der Waals surface area contributed by atoms with E-state index in [2.05, 4.69) is 10.9 Å². The Kier molecular flexibility index (Phi) is 4.56. The maximum Gasteiger partial charge on any atom is 0.269 e. The van der Waals surface area contributed by atoms with Crippen molar-refractivity contribution in [2.75, 3.05) is 0 Å². The highest BCUT2D eigenvalue weighted by atomic mass is 16.3. The van der Waals surface area contributed by atoms with Gasteiger partial charge in [0.2, 0.25) is 0 Å². The van der Waals surface area contributed by atoms with Gasteiger partial charge in [0.05, 0.1) is 0 Å². The molecule has 0 unspecified atom stereocenters. The van der Waals surface area contributed by atoms with Crippen LogP contribution in [0.15, 0.2) is 46.9 Å². The lowest BCUT2D eigenvalue weighted by atomic mass is 10.1. The molecule has 0 aliphatic rings. The number of hydrogen-bond donors (Lipinski definition) is 2. The molecular weight excluding hydrogens is 268 g/mol. The van der Waals surface area contributed by atoms with E-state index < -0.39 is 5.91 Å². The zero-order valence-electron chi connectivity index (χ0n) is 11.8. The minimum Gasteiger partial charge on any atom is -0.462 e. The Labute approximate surface area is 122 Å². The van der Waals surface area contributed by atoms with E-state index in [9.17, 15) is 9.59 Å². The summed E-state index contributed by atoms with van der Waals surface area (Å²) in [6.45, 7) is 3.75. The first-order valence-electron chi connectivity index (χ1n) is 6.46. The fraction of sp³-hybridized carbons (Fsp3) is 0.125. The lowest BCUT2D eigenvalue weighted by molar-refractivity contribution is -0.117. The summed E-state index contributed by atoms with van der Waals surface area (Å²) in [5.41, 5.74) is 6.19. The first-order valence-corrected chi connectivity index (χ1v) is 6.46. The second kappa shape index (κ2) is 6.56. The van der Waals surface area contributed by atoms with Gasteiger partial charge in [0.15, 0.2) is 0 Å². The normalized spacial score (nSPS) is 10.6. The second-order valence-electron chi connectivity index (χ2n) is 4.59. The van der Waals surface area contributed by atoms with Gasteiger partial charge in [-0.15, -0.1) is 0 Å². The molecule has 2 amide bonds. The zero-order valence-corrected chi connectivity index (χ0v) is 11.8. The van der Waals surface area contributed by atoms with Crippen molar-refractivity contribution in [3.05, 3.63) is 65.1 Å². The van der Waals surface area contributed by atoms with Crippen LogP contribution in [0.3, 0.4) is 0 Å². The summed E-state index contributed by atoms with van der Waals surface area (Å²) < 4.78 is 5.29. The first-order chi connectivity index (χ1) is 10.0. The number of benzene rings is 1. The second-order valence-corrected chi connectivity index (χ2v) is 4.59. The third-order valence-electron chi connectivity index (χ3n) is 2.77. The number of hydrogen-bond acceptors (Lipinski definition) is 3. The highest BCUT2D eigenvalue weighted by Gasteiger charge is 2.05. The molecule has 5 nitrogen and oxygen atoms in total. The van der Waals surface area contributed by atoms with E-state index in [-0.39, 0.29) is 5.91 Å². The Bertz CT molecular complexity index is 669. The van der Waals surface area contributed by atoms with Crippen molar-refractivity contribution in [3.63, 3.8) is 0 Å². The van der Waals surface area contributed by atoms with Gasteiger partial charge in [-0.2, -0.15) is 0 Å². The summed E-state index contributed by atoms with van der Waals surface area (Å²) >= 11 is 0. The van der Waals surface area contributed by atoms with Gasteiger partial charge < -0.3 is 4.42 Å². The number of carbonyl (C=O) groups is 2. The van der Waals surface area contributed by atoms with Crippen molar-refractivity contribution in [1.82, 2.24) is 10.9 Å². The van der Waals surface area contributed by atoms with Crippen LogP contribution in [0.2, 0.25) is 0 Å². The molecule has 2 aromatic rings. The third-order valence-corrected chi connectivity index (χ3v) is 2.77. The van der Waals surface area contributed by atoms with Crippen LogP contribution in [0.5, 0.6) is 0 Å². The molecule has 0 atom stereocenters. The first kappa shape index (κ1) is 14.6. The van der Waals surface area contributed by atoms with Crippen molar-refractivity contribution in [1.29, 1.82) is 0 Å². The molecule has 2 N–H and O–H groups in total. The van der Waals surface area contributed by atoms with Gasteiger partial charge in [0, 0.05) is 11.6 Å². The van der Waals surface area contributed by atoms with E-state index in [1.54, 1.807) is 24.3 Å². The Morgan fingerprint density at radius 2 is 1.71 bits per heavy atom. The molecule has 0 radical (unpaired) electrons. The van der Waals surface area contributed by atoms with E-state index in [4.69, 9.17) is 4.42 Å². The summed E-state index contributed by atoms with van der Waals surface area (Å²) in [4.78, 5) is 23.3. The Morgan fingerprint density at radius 1 is 1.00 bits per heavy atom. The molecule has 0 spiro atoms. The van der Waals surface area contributed by atoms with Gasteiger partial charge in [-0.05, 0) is 44.2 Å². The number of hydrazine groups is 1. The smallest absolute Gasteiger partial charge is 0.269 e. The van der Waals surface area contributed by atoms with Crippen molar-refractivity contribution in [3.8, 4) is 0 Å². The van der Waals surface area contributed by atoms with Crippen LogP contribution in [-0.4, -0.2) is 11.8 Å². The van der Waals surface area contributed by atoms with Crippen LogP contribution in [0.25, 0.3) is 6.08 Å². The standard InChI is InChI=1S/C16H16N2O3/c1-11-3-6-13(7-4-11)16(20)18-17-15(19)10-9-14-8-5-12(2)21-14/h3-10H,1-2H3,(H,17,19)(H,18,20)/b10-9+. The molecule has 0 aliphatic heterocycles. The molecule has 2 rings (SSSR count). The van der Waals surface area contributed by atoms with Crippen LogP contribution >= 0.6 is 0 Å². The van der Waals surface area contributed by atoms with Crippen molar-refractivity contribution < 1.29 is 14.0 Å². The predicted molar refractivity (Wildman–Crippen MR) is 79.3 cm³/mol. The molecule has 21 heavy (non-hydrogen) atoms. The monoisotopic (exact) mass is 284 g/mol. The molecule has 1 aromatic heterocycles. The summed E-state index contributed by atoms with van der Waals surface area (Å²) in [6, 6.07) is 10.6. The quantitative estimate of drug-likeness (QED) is 0.671. The molecule has 0 fully saturated rings. The number of aryl methyl sites for hydroxylation is 2. The topological polar surface area (TPSA) is 71.3 Å².